The van der Waals surface area contributed by atoms with Gasteiger partial charge in [0.1, 0.15) is 5.82 Å². The molecule has 1 fully saturated rings. The van der Waals surface area contributed by atoms with Crippen LogP contribution in [0.4, 0.5) is 4.39 Å². The third kappa shape index (κ3) is 4.09. The predicted molar refractivity (Wildman–Crippen MR) is 78.4 cm³/mol. The van der Waals surface area contributed by atoms with E-state index in [0.29, 0.717) is 0 Å². The van der Waals surface area contributed by atoms with Gasteiger partial charge in [0.15, 0.2) is 0 Å². The molecule has 0 bridgehead atoms. The number of benzene rings is 1. The first-order chi connectivity index (χ1) is 7.83. The number of halogens is 3. The Morgan fingerprint density at radius 3 is 2.39 bits per heavy atom. The highest BCUT2D eigenvalue weighted by Crippen LogP contribution is 2.26. The number of piperazine rings is 1. The van der Waals surface area contributed by atoms with E-state index in [-0.39, 0.29) is 36.7 Å². The van der Waals surface area contributed by atoms with E-state index in [0.717, 1.165) is 38.2 Å². The third-order valence-electron chi connectivity index (χ3n) is 3.24. The Balaban J connectivity index is 0.00000144. The molecular formula is C13H21Cl2FN2. The van der Waals surface area contributed by atoms with Crippen LogP contribution in [-0.2, 0) is 0 Å². The van der Waals surface area contributed by atoms with Crippen molar-refractivity contribution in [2.75, 3.05) is 26.2 Å². The summed E-state index contributed by atoms with van der Waals surface area (Å²) in [6.45, 7) is 6.15. The zero-order valence-corrected chi connectivity index (χ0v) is 12.2. The van der Waals surface area contributed by atoms with E-state index in [1.54, 1.807) is 12.1 Å². The molecule has 1 saturated heterocycles. The zero-order valence-electron chi connectivity index (χ0n) is 10.6. The number of rotatable bonds is 3. The Bertz CT molecular complexity index is 344. The van der Waals surface area contributed by atoms with Crippen molar-refractivity contribution in [2.45, 2.75) is 19.4 Å². The van der Waals surface area contributed by atoms with Crippen LogP contribution in [0.3, 0.4) is 0 Å². The first kappa shape index (κ1) is 17.6. The second kappa shape index (κ2) is 8.70. The van der Waals surface area contributed by atoms with Crippen molar-refractivity contribution >= 4 is 24.8 Å². The summed E-state index contributed by atoms with van der Waals surface area (Å²) in [5, 5.41) is 3.32. The van der Waals surface area contributed by atoms with Crippen LogP contribution < -0.4 is 5.32 Å². The molecule has 2 rings (SSSR count). The molecule has 0 unspecified atom stereocenters. The van der Waals surface area contributed by atoms with Gasteiger partial charge >= 0.3 is 0 Å². The Kier molecular flexibility index (Phi) is 8.53. The molecule has 0 spiro atoms. The van der Waals surface area contributed by atoms with Gasteiger partial charge < -0.3 is 5.32 Å². The molecule has 18 heavy (non-hydrogen) atoms. The molecule has 0 aliphatic carbocycles. The lowest BCUT2D eigenvalue weighted by molar-refractivity contribution is 0.166. The largest absolute Gasteiger partial charge is 0.314 e. The van der Waals surface area contributed by atoms with Crippen LogP contribution in [0.2, 0.25) is 0 Å². The minimum Gasteiger partial charge on any atom is -0.314 e. The Morgan fingerprint density at radius 1 is 1.22 bits per heavy atom. The SMILES string of the molecule is CC[C@@H](c1ccccc1F)N1CCNCC1.Cl.Cl. The zero-order chi connectivity index (χ0) is 11.4. The highest BCUT2D eigenvalue weighted by Gasteiger charge is 2.22. The average molecular weight is 295 g/mol. The summed E-state index contributed by atoms with van der Waals surface area (Å²) in [6, 6.07) is 7.36. The third-order valence-corrected chi connectivity index (χ3v) is 3.24. The van der Waals surface area contributed by atoms with Crippen LogP contribution in [0.1, 0.15) is 24.9 Å². The van der Waals surface area contributed by atoms with Crippen molar-refractivity contribution in [1.82, 2.24) is 10.2 Å². The molecule has 5 heteroatoms. The summed E-state index contributed by atoms with van der Waals surface area (Å²) < 4.78 is 13.7. The van der Waals surface area contributed by atoms with Crippen LogP contribution in [0, 0.1) is 5.82 Å². The van der Waals surface area contributed by atoms with E-state index in [9.17, 15) is 4.39 Å². The van der Waals surface area contributed by atoms with Gasteiger partial charge in [0.25, 0.3) is 0 Å². The normalized spacial score (nSPS) is 17.4. The standard InChI is InChI=1S/C13H19FN2.2ClH/c1-2-13(16-9-7-15-8-10-16)11-5-3-4-6-12(11)14;;/h3-6,13,15H,2,7-10H2,1H3;2*1H/t13-;;/m0../s1. The van der Waals surface area contributed by atoms with Gasteiger partial charge in [-0.25, -0.2) is 4.39 Å². The van der Waals surface area contributed by atoms with Crippen LogP contribution in [0.25, 0.3) is 0 Å². The molecule has 1 aliphatic heterocycles. The number of nitrogens with zero attached hydrogens (tertiary/aromatic N) is 1. The maximum Gasteiger partial charge on any atom is 0.127 e. The highest BCUT2D eigenvalue weighted by atomic mass is 35.5. The Labute approximate surface area is 121 Å². The maximum absolute atomic E-state index is 13.7. The van der Waals surface area contributed by atoms with Crippen molar-refractivity contribution in [3.8, 4) is 0 Å². The van der Waals surface area contributed by atoms with E-state index in [1.165, 1.54) is 0 Å². The second-order valence-electron chi connectivity index (χ2n) is 4.23. The minimum atomic E-state index is -0.0760. The molecule has 0 radical (unpaired) electrons. The molecule has 1 aromatic carbocycles. The van der Waals surface area contributed by atoms with Crippen molar-refractivity contribution in [3.05, 3.63) is 35.6 Å². The second-order valence-corrected chi connectivity index (χ2v) is 4.23. The molecule has 1 atom stereocenters. The van der Waals surface area contributed by atoms with Crippen LogP contribution >= 0.6 is 24.8 Å². The molecule has 1 heterocycles. The van der Waals surface area contributed by atoms with Crippen LogP contribution in [-0.4, -0.2) is 31.1 Å². The summed E-state index contributed by atoms with van der Waals surface area (Å²) in [5.41, 5.74) is 0.840. The monoisotopic (exact) mass is 294 g/mol. The molecule has 1 aromatic rings. The van der Waals surface area contributed by atoms with Gasteiger partial charge in [-0.2, -0.15) is 0 Å². The number of hydrogen-bond acceptors (Lipinski definition) is 2. The van der Waals surface area contributed by atoms with Gasteiger partial charge in [-0.05, 0) is 12.5 Å². The van der Waals surface area contributed by atoms with Crippen molar-refractivity contribution < 1.29 is 4.39 Å². The smallest absolute Gasteiger partial charge is 0.127 e. The molecule has 0 amide bonds. The van der Waals surface area contributed by atoms with Crippen molar-refractivity contribution in [1.29, 1.82) is 0 Å². The molecule has 0 saturated carbocycles. The van der Waals surface area contributed by atoms with E-state index in [2.05, 4.69) is 17.1 Å². The number of hydrogen-bond donors (Lipinski definition) is 1. The maximum atomic E-state index is 13.7. The van der Waals surface area contributed by atoms with E-state index in [1.807, 2.05) is 12.1 Å². The Morgan fingerprint density at radius 2 is 1.83 bits per heavy atom. The van der Waals surface area contributed by atoms with Gasteiger partial charge in [-0.3, -0.25) is 4.90 Å². The molecule has 1 N–H and O–H groups in total. The van der Waals surface area contributed by atoms with Crippen molar-refractivity contribution in [2.24, 2.45) is 0 Å². The lowest BCUT2D eigenvalue weighted by Crippen LogP contribution is -2.45. The highest BCUT2D eigenvalue weighted by molar-refractivity contribution is 5.85. The summed E-state index contributed by atoms with van der Waals surface area (Å²) >= 11 is 0. The first-order valence-corrected chi connectivity index (χ1v) is 6.02. The number of nitrogens with one attached hydrogen (secondary N) is 1. The average Bonchev–Trinajstić information content (AvgIpc) is 2.34. The molecule has 104 valence electrons. The van der Waals surface area contributed by atoms with Gasteiger partial charge in [-0.15, -0.1) is 24.8 Å². The molecular weight excluding hydrogens is 274 g/mol. The Hall–Kier alpha value is -0.350. The fourth-order valence-corrected chi connectivity index (χ4v) is 2.41. The van der Waals surface area contributed by atoms with Crippen molar-refractivity contribution in [3.63, 3.8) is 0 Å². The fraction of sp³-hybridized carbons (Fsp3) is 0.538. The first-order valence-electron chi connectivity index (χ1n) is 6.02. The lowest BCUT2D eigenvalue weighted by Gasteiger charge is -2.34. The topological polar surface area (TPSA) is 15.3 Å². The summed E-state index contributed by atoms with van der Waals surface area (Å²) in [4.78, 5) is 2.37. The van der Waals surface area contributed by atoms with Crippen LogP contribution in [0.5, 0.6) is 0 Å². The van der Waals surface area contributed by atoms with E-state index < -0.39 is 0 Å². The molecule has 1 aliphatic rings. The van der Waals surface area contributed by atoms with Gasteiger partial charge in [0, 0.05) is 37.8 Å². The minimum absolute atomic E-state index is 0. The quantitative estimate of drug-likeness (QED) is 0.922. The summed E-state index contributed by atoms with van der Waals surface area (Å²) in [7, 11) is 0. The lowest BCUT2D eigenvalue weighted by atomic mass is 10.0. The van der Waals surface area contributed by atoms with Gasteiger partial charge in [-0.1, -0.05) is 25.1 Å². The fourth-order valence-electron chi connectivity index (χ4n) is 2.41. The van der Waals surface area contributed by atoms with Gasteiger partial charge in [0.2, 0.25) is 0 Å². The summed E-state index contributed by atoms with van der Waals surface area (Å²) in [5.74, 6) is -0.0760. The van der Waals surface area contributed by atoms with Crippen LogP contribution in [0.15, 0.2) is 24.3 Å². The van der Waals surface area contributed by atoms with E-state index >= 15 is 0 Å². The molecule has 2 nitrogen and oxygen atoms in total. The predicted octanol–water partition coefficient (Wildman–Crippen LogP) is 3.03. The van der Waals surface area contributed by atoms with E-state index in [4.69, 9.17) is 0 Å². The summed E-state index contributed by atoms with van der Waals surface area (Å²) in [6.07, 6.45) is 0.959. The molecule has 0 aromatic heterocycles. The van der Waals surface area contributed by atoms with Gasteiger partial charge in [0.05, 0.1) is 0 Å².